The first-order chi connectivity index (χ1) is 14.2. The van der Waals surface area contributed by atoms with Crippen LogP contribution >= 0.6 is 0 Å². The van der Waals surface area contributed by atoms with Gasteiger partial charge in [0.2, 0.25) is 0 Å². The van der Waals surface area contributed by atoms with E-state index >= 15 is 0 Å². The molecule has 0 heterocycles. The molecule has 164 valence electrons. The zero-order chi connectivity index (χ0) is 22.9. The lowest BCUT2D eigenvalue weighted by Gasteiger charge is -2.31. The number of benzene rings is 2. The molecular formula is C30H40Si. The van der Waals surface area contributed by atoms with Crippen molar-refractivity contribution in [1.82, 2.24) is 0 Å². The van der Waals surface area contributed by atoms with Gasteiger partial charge in [-0.1, -0.05) is 102 Å². The van der Waals surface area contributed by atoms with Crippen molar-refractivity contribution in [3.8, 4) is 0 Å². The molecule has 0 unspecified atom stereocenters. The minimum atomic E-state index is -1.87. The van der Waals surface area contributed by atoms with Gasteiger partial charge in [-0.3, -0.25) is 0 Å². The molecule has 0 aromatic heterocycles. The third-order valence-electron chi connectivity index (χ3n) is 7.51. The summed E-state index contributed by atoms with van der Waals surface area (Å²) >= 11 is 0. The second kappa shape index (κ2) is 7.07. The molecule has 0 atom stereocenters. The third kappa shape index (κ3) is 3.69. The number of fused-ring (bicyclic) bond motifs is 2. The van der Waals surface area contributed by atoms with Crippen molar-refractivity contribution in [3.63, 3.8) is 0 Å². The number of allylic oxidation sites excluding steroid dienone is 2. The molecule has 0 amide bonds. The number of hydrogen-bond acceptors (Lipinski definition) is 0. The van der Waals surface area contributed by atoms with Gasteiger partial charge in [0.05, 0.1) is 0 Å². The van der Waals surface area contributed by atoms with Crippen molar-refractivity contribution >= 4 is 18.5 Å². The molecule has 2 aromatic carbocycles. The lowest BCUT2D eigenvalue weighted by Crippen LogP contribution is -2.31. The van der Waals surface area contributed by atoms with Gasteiger partial charge in [-0.15, -0.1) is 0 Å². The molecule has 4 rings (SSSR count). The molecule has 0 aliphatic heterocycles. The van der Waals surface area contributed by atoms with Gasteiger partial charge < -0.3 is 0 Å². The van der Waals surface area contributed by atoms with E-state index in [1.54, 1.807) is 32.7 Å². The quantitative estimate of drug-likeness (QED) is 0.421. The molecule has 1 heteroatoms. The van der Waals surface area contributed by atoms with Crippen LogP contribution in [0.1, 0.15) is 88.8 Å². The minimum absolute atomic E-state index is 0.180. The fraction of sp³-hybridized carbons (Fsp3) is 0.467. The summed E-state index contributed by atoms with van der Waals surface area (Å²) in [6.07, 6.45) is 2.24. The maximum Gasteiger partial charge on any atom is 0.113 e. The Hall–Kier alpha value is -1.86. The SMILES string of the molecule is CC1=C([Si](C)(C)C2=C(C)Cc3ccc(C(C)(C)C)cc32)c2cc(C(C)(C)C)ccc2C1. The zero-order valence-corrected chi connectivity index (χ0v) is 22.4. The van der Waals surface area contributed by atoms with Gasteiger partial charge in [-0.2, -0.15) is 0 Å². The lowest BCUT2D eigenvalue weighted by molar-refractivity contribution is 0.589. The molecule has 31 heavy (non-hydrogen) atoms. The Labute approximate surface area is 191 Å². The van der Waals surface area contributed by atoms with E-state index in [2.05, 4.69) is 105 Å². The van der Waals surface area contributed by atoms with E-state index in [4.69, 9.17) is 0 Å². The summed E-state index contributed by atoms with van der Waals surface area (Å²) < 4.78 is 0. The second-order valence-electron chi connectivity index (χ2n) is 12.5. The molecule has 0 bridgehead atoms. The lowest BCUT2D eigenvalue weighted by atomic mass is 9.85. The van der Waals surface area contributed by atoms with Crippen molar-refractivity contribution in [3.05, 3.63) is 80.9 Å². The van der Waals surface area contributed by atoms with Crippen LogP contribution in [0.25, 0.3) is 10.4 Å². The fourth-order valence-corrected chi connectivity index (χ4v) is 10.3. The highest BCUT2D eigenvalue weighted by atomic mass is 28.3. The van der Waals surface area contributed by atoms with Crippen molar-refractivity contribution in [2.45, 2.75) is 92.2 Å². The third-order valence-corrected chi connectivity index (χ3v) is 11.4. The molecule has 2 aliphatic carbocycles. The Morgan fingerprint density at radius 3 is 1.29 bits per heavy atom. The Balaban J connectivity index is 1.87. The maximum absolute atomic E-state index is 2.60. The van der Waals surface area contributed by atoms with Crippen LogP contribution in [0.3, 0.4) is 0 Å². The molecule has 2 aromatic rings. The maximum atomic E-state index is 2.60. The van der Waals surface area contributed by atoms with Crippen LogP contribution < -0.4 is 0 Å². The predicted octanol–water partition coefficient (Wildman–Crippen LogP) is 8.43. The summed E-state index contributed by atoms with van der Waals surface area (Å²) in [5, 5.41) is 3.38. The molecule has 0 radical (unpaired) electrons. The highest BCUT2D eigenvalue weighted by molar-refractivity contribution is 7.09. The molecule has 0 saturated carbocycles. The largest absolute Gasteiger partial charge is 0.113 e. The monoisotopic (exact) mass is 428 g/mol. The first-order valence-corrected chi connectivity index (χ1v) is 14.9. The average molecular weight is 429 g/mol. The summed E-state index contributed by atoms with van der Waals surface area (Å²) in [5.41, 5.74) is 12.6. The van der Waals surface area contributed by atoms with E-state index in [1.165, 1.54) is 22.3 Å². The van der Waals surface area contributed by atoms with E-state index in [9.17, 15) is 0 Å². The van der Waals surface area contributed by atoms with E-state index in [1.807, 2.05) is 0 Å². The Morgan fingerprint density at radius 1 is 0.613 bits per heavy atom. The molecule has 0 fully saturated rings. The van der Waals surface area contributed by atoms with E-state index in [0.29, 0.717) is 0 Å². The molecule has 0 N–H and O–H groups in total. The summed E-state index contributed by atoms with van der Waals surface area (Å²) in [6.45, 7) is 24.0. The summed E-state index contributed by atoms with van der Waals surface area (Å²) in [6, 6.07) is 14.6. The Bertz CT molecular complexity index is 1030. The Kier molecular flexibility index (Phi) is 5.09. The van der Waals surface area contributed by atoms with Gasteiger partial charge in [0.25, 0.3) is 0 Å². The van der Waals surface area contributed by atoms with E-state index in [0.717, 1.165) is 12.8 Å². The highest BCUT2D eigenvalue weighted by Gasteiger charge is 2.41. The molecule has 2 aliphatic rings. The van der Waals surface area contributed by atoms with Crippen molar-refractivity contribution in [2.24, 2.45) is 0 Å². The topological polar surface area (TPSA) is 0 Å². The highest BCUT2D eigenvalue weighted by Crippen LogP contribution is 2.49. The van der Waals surface area contributed by atoms with Crippen LogP contribution in [0.5, 0.6) is 0 Å². The smallest absolute Gasteiger partial charge is 0.0686 e. The average Bonchev–Trinajstić information content (AvgIpc) is 3.14. The van der Waals surface area contributed by atoms with Gasteiger partial charge in [0.15, 0.2) is 0 Å². The van der Waals surface area contributed by atoms with Crippen LogP contribution in [-0.2, 0) is 23.7 Å². The van der Waals surface area contributed by atoms with Gasteiger partial charge in [-0.25, -0.2) is 0 Å². The van der Waals surface area contributed by atoms with Crippen LogP contribution in [0.15, 0.2) is 47.5 Å². The van der Waals surface area contributed by atoms with Gasteiger partial charge in [0, 0.05) is 0 Å². The van der Waals surface area contributed by atoms with Crippen molar-refractivity contribution in [2.75, 3.05) is 0 Å². The van der Waals surface area contributed by atoms with Crippen molar-refractivity contribution in [1.29, 1.82) is 0 Å². The summed E-state index contributed by atoms with van der Waals surface area (Å²) in [5.74, 6) is 0. The van der Waals surface area contributed by atoms with Crippen LogP contribution in [0.4, 0.5) is 0 Å². The molecule has 0 saturated heterocycles. The molecular weight excluding hydrogens is 388 g/mol. The first kappa shape index (κ1) is 22.3. The van der Waals surface area contributed by atoms with Crippen LogP contribution in [-0.4, -0.2) is 8.07 Å². The van der Waals surface area contributed by atoms with Crippen LogP contribution in [0, 0.1) is 0 Å². The number of rotatable bonds is 2. The van der Waals surface area contributed by atoms with E-state index in [-0.39, 0.29) is 10.8 Å². The van der Waals surface area contributed by atoms with Gasteiger partial charge in [0.1, 0.15) is 8.07 Å². The zero-order valence-electron chi connectivity index (χ0n) is 21.4. The Morgan fingerprint density at radius 2 is 0.968 bits per heavy atom. The summed E-state index contributed by atoms with van der Waals surface area (Å²) in [7, 11) is -1.87. The second-order valence-corrected chi connectivity index (χ2v) is 16.8. The summed E-state index contributed by atoms with van der Waals surface area (Å²) in [4.78, 5) is 0. The van der Waals surface area contributed by atoms with Crippen LogP contribution in [0.2, 0.25) is 13.1 Å². The molecule has 0 spiro atoms. The predicted molar refractivity (Wildman–Crippen MR) is 140 cm³/mol. The number of hydrogen-bond donors (Lipinski definition) is 0. The van der Waals surface area contributed by atoms with Crippen molar-refractivity contribution < 1.29 is 0 Å². The van der Waals surface area contributed by atoms with E-state index < -0.39 is 8.07 Å². The molecule has 0 nitrogen and oxygen atoms in total. The van der Waals surface area contributed by atoms with Gasteiger partial charge >= 0.3 is 0 Å². The normalized spacial score (nSPS) is 16.8. The first-order valence-electron chi connectivity index (χ1n) is 11.9. The minimum Gasteiger partial charge on any atom is -0.0686 e. The standard InChI is InChI=1S/C30H40Si/c1-19-15-21-11-13-23(29(3,4)5)17-25(21)27(19)31(9,10)28-20(2)16-22-12-14-24(18-26(22)28)30(6,7)8/h11-14,17-18H,15-16H2,1-10H3. The fourth-order valence-electron chi connectivity index (χ4n) is 5.93. The van der Waals surface area contributed by atoms with Gasteiger partial charge in [-0.05, 0) is 81.3 Å².